The number of hydrogen-bond acceptors (Lipinski definition) is 4. The number of benzene rings is 1. The van der Waals surface area contributed by atoms with Crippen LogP contribution in [-0.2, 0) is 11.2 Å². The van der Waals surface area contributed by atoms with Crippen molar-refractivity contribution in [3.8, 4) is 5.75 Å². The van der Waals surface area contributed by atoms with E-state index in [-0.39, 0.29) is 5.92 Å². The van der Waals surface area contributed by atoms with Gasteiger partial charge in [0.05, 0.1) is 12.5 Å². The van der Waals surface area contributed by atoms with E-state index in [1.165, 1.54) is 11.1 Å². The van der Waals surface area contributed by atoms with Gasteiger partial charge in [-0.3, -0.25) is 4.79 Å². The van der Waals surface area contributed by atoms with Crippen LogP contribution in [0.15, 0.2) is 18.2 Å². The second kappa shape index (κ2) is 5.45. The molecule has 0 bridgehead atoms. The number of carboxylic acid groups (broad SMARTS) is 1. The molecule has 0 heterocycles. The Bertz CT molecular complexity index is 716. The van der Waals surface area contributed by atoms with Crippen molar-refractivity contribution in [3.05, 3.63) is 29.3 Å². The van der Waals surface area contributed by atoms with E-state index < -0.39 is 29.5 Å². The van der Waals surface area contributed by atoms with Crippen LogP contribution in [0.4, 0.5) is 0 Å². The lowest BCUT2D eigenvalue weighted by molar-refractivity contribution is -0.150. The van der Waals surface area contributed by atoms with Gasteiger partial charge in [-0.25, -0.2) is 0 Å². The Morgan fingerprint density at radius 1 is 1.32 bits per heavy atom. The summed E-state index contributed by atoms with van der Waals surface area (Å²) in [6.45, 7) is 2.02. The van der Waals surface area contributed by atoms with E-state index in [1.54, 1.807) is 6.07 Å². The van der Waals surface area contributed by atoms with Crippen LogP contribution in [0.2, 0.25) is 0 Å². The van der Waals surface area contributed by atoms with Crippen LogP contribution in [-0.4, -0.2) is 38.1 Å². The van der Waals surface area contributed by atoms with Crippen LogP contribution in [0.25, 0.3) is 0 Å². The minimum absolute atomic E-state index is 0.118. The maximum absolute atomic E-state index is 11.2. The van der Waals surface area contributed by atoms with E-state index in [9.17, 15) is 20.1 Å². The highest BCUT2D eigenvalue weighted by atomic mass is 16.4. The van der Waals surface area contributed by atoms with Crippen molar-refractivity contribution in [1.29, 1.82) is 0 Å². The zero-order valence-corrected chi connectivity index (χ0v) is 14.5. The average molecular weight is 346 g/mol. The molecule has 4 N–H and O–H groups in total. The Morgan fingerprint density at radius 3 is 2.80 bits per heavy atom. The quantitative estimate of drug-likeness (QED) is 0.659. The van der Waals surface area contributed by atoms with Gasteiger partial charge in [0, 0.05) is 0 Å². The molecular formula is C20H26O5. The maximum Gasteiger partial charge on any atom is 0.306 e. The molecule has 2 fully saturated rings. The highest BCUT2D eigenvalue weighted by Gasteiger charge is 2.63. The zero-order valence-electron chi connectivity index (χ0n) is 14.5. The summed E-state index contributed by atoms with van der Waals surface area (Å²) in [5.74, 6) is 0.0531. The van der Waals surface area contributed by atoms with E-state index in [2.05, 4.69) is 0 Å². The lowest BCUT2D eigenvalue weighted by atomic mass is 9.55. The van der Waals surface area contributed by atoms with Crippen LogP contribution in [0, 0.1) is 17.3 Å². The van der Waals surface area contributed by atoms with Crippen LogP contribution in [0.3, 0.4) is 0 Å². The molecule has 0 radical (unpaired) electrons. The Labute approximate surface area is 147 Å². The van der Waals surface area contributed by atoms with Crippen molar-refractivity contribution in [1.82, 2.24) is 0 Å². The summed E-state index contributed by atoms with van der Waals surface area (Å²) in [7, 11) is 0. The third kappa shape index (κ3) is 2.40. The van der Waals surface area contributed by atoms with E-state index in [0.717, 1.165) is 25.7 Å². The lowest BCUT2D eigenvalue weighted by Gasteiger charge is -2.50. The number of hydrogen-bond donors (Lipinski definition) is 4. The number of aliphatic carboxylic acids is 1. The van der Waals surface area contributed by atoms with Gasteiger partial charge in [0.15, 0.2) is 0 Å². The number of rotatable bonds is 2. The molecule has 136 valence electrons. The van der Waals surface area contributed by atoms with Crippen molar-refractivity contribution in [2.75, 3.05) is 0 Å². The van der Waals surface area contributed by atoms with Gasteiger partial charge in [0.1, 0.15) is 11.4 Å². The molecular weight excluding hydrogens is 320 g/mol. The summed E-state index contributed by atoms with van der Waals surface area (Å²) >= 11 is 0. The number of aliphatic hydroxyl groups excluding tert-OH is 1. The van der Waals surface area contributed by atoms with Gasteiger partial charge in [-0.2, -0.15) is 0 Å². The van der Waals surface area contributed by atoms with Crippen LogP contribution >= 0.6 is 0 Å². The molecule has 0 unspecified atom stereocenters. The number of carboxylic acids is 1. The highest BCUT2D eigenvalue weighted by Crippen LogP contribution is 2.63. The number of carbonyl (C=O) groups is 1. The average Bonchev–Trinajstić information content (AvgIpc) is 2.74. The Balaban J connectivity index is 1.68. The van der Waals surface area contributed by atoms with E-state index in [1.807, 2.05) is 19.1 Å². The number of phenolic OH excluding ortho intramolecular Hbond substituents is 1. The van der Waals surface area contributed by atoms with Gasteiger partial charge >= 0.3 is 5.97 Å². The van der Waals surface area contributed by atoms with Crippen molar-refractivity contribution < 1.29 is 25.2 Å². The predicted molar refractivity (Wildman–Crippen MR) is 91.3 cm³/mol. The Kier molecular flexibility index (Phi) is 3.68. The zero-order chi connectivity index (χ0) is 18.0. The fourth-order valence-corrected chi connectivity index (χ4v) is 6.18. The predicted octanol–water partition coefficient (Wildman–Crippen LogP) is 2.42. The Hall–Kier alpha value is -1.59. The summed E-state index contributed by atoms with van der Waals surface area (Å²) in [6, 6.07) is 5.60. The summed E-state index contributed by atoms with van der Waals surface area (Å²) in [6.07, 6.45) is 2.50. The first kappa shape index (κ1) is 16.9. The van der Waals surface area contributed by atoms with Crippen molar-refractivity contribution >= 4 is 5.97 Å². The second-order valence-corrected chi connectivity index (χ2v) is 8.62. The molecule has 0 amide bonds. The van der Waals surface area contributed by atoms with Gasteiger partial charge in [0.2, 0.25) is 0 Å². The van der Waals surface area contributed by atoms with Gasteiger partial charge in [0.25, 0.3) is 0 Å². The molecule has 5 heteroatoms. The van der Waals surface area contributed by atoms with Gasteiger partial charge in [-0.1, -0.05) is 13.0 Å². The summed E-state index contributed by atoms with van der Waals surface area (Å²) in [4.78, 5) is 11.2. The van der Waals surface area contributed by atoms with E-state index >= 15 is 0 Å². The van der Waals surface area contributed by atoms with Crippen molar-refractivity contribution in [3.63, 3.8) is 0 Å². The van der Waals surface area contributed by atoms with Crippen LogP contribution in [0.5, 0.6) is 5.75 Å². The summed E-state index contributed by atoms with van der Waals surface area (Å²) in [5.41, 5.74) is 0.512. The first-order valence-electron chi connectivity index (χ1n) is 9.19. The topological polar surface area (TPSA) is 98.0 Å². The largest absolute Gasteiger partial charge is 0.508 e. The minimum atomic E-state index is -1.53. The van der Waals surface area contributed by atoms with E-state index in [0.29, 0.717) is 24.0 Å². The molecule has 25 heavy (non-hydrogen) atoms. The fraction of sp³-hybridized carbons (Fsp3) is 0.650. The standard InChI is InChI=1S/C20H26O5/c1-19-7-6-14-13-5-3-12(21)8-11(13)2-4-15(14)16(19)9-20(25,18(19)24)10-17(22)23/h3,5,8,14-16,18,21,24-25H,2,4,6-7,9-10H2,1H3,(H,22,23)/t14-,15-,16+,18-,19+,20-/m1/s1. The van der Waals surface area contributed by atoms with Gasteiger partial charge in [-0.15, -0.1) is 0 Å². The summed E-state index contributed by atoms with van der Waals surface area (Å²) in [5, 5.41) is 40.6. The highest BCUT2D eigenvalue weighted by molar-refractivity contribution is 5.68. The number of aliphatic hydroxyl groups is 2. The molecule has 6 atom stereocenters. The first-order chi connectivity index (χ1) is 11.7. The fourth-order valence-electron chi connectivity index (χ4n) is 6.18. The molecule has 2 saturated carbocycles. The molecule has 1 aromatic carbocycles. The molecule has 3 aliphatic carbocycles. The molecule has 3 aliphatic rings. The monoisotopic (exact) mass is 346 g/mol. The van der Waals surface area contributed by atoms with Crippen LogP contribution < -0.4 is 0 Å². The summed E-state index contributed by atoms with van der Waals surface area (Å²) < 4.78 is 0. The number of phenols is 1. The SMILES string of the molecule is C[C@]12CC[C@@H]3c4ccc(O)cc4CC[C@H]3[C@@H]1C[C@@](O)(CC(=O)O)[C@@H]2O. The second-order valence-electron chi connectivity index (χ2n) is 8.62. The Morgan fingerprint density at radius 2 is 2.08 bits per heavy atom. The maximum atomic E-state index is 11.2. The van der Waals surface area contributed by atoms with Gasteiger partial charge in [-0.05, 0) is 78.5 Å². The number of aryl methyl sites for hydroxylation is 1. The number of aromatic hydroxyl groups is 1. The molecule has 5 nitrogen and oxygen atoms in total. The molecule has 1 aromatic rings. The lowest BCUT2D eigenvalue weighted by Crippen LogP contribution is -2.48. The molecule has 0 spiro atoms. The molecule has 0 aliphatic heterocycles. The molecule has 0 aromatic heterocycles. The van der Waals surface area contributed by atoms with Crippen molar-refractivity contribution in [2.24, 2.45) is 17.3 Å². The minimum Gasteiger partial charge on any atom is -0.508 e. The normalized spacial score (nSPS) is 42.4. The molecule has 0 saturated heterocycles. The van der Waals surface area contributed by atoms with Crippen molar-refractivity contribution in [2.45, 2.75) is 63.1 Å². The van der Waals surface area contributed by atoms with Crippen LogP contribution in [0.1, 0.15) is 56.1 Å². The van der Waals surface area contributed by atoms with Gasteiger partial charge < -0.3 is 20.4 Å². The van der Waals surface area contributed by atoms with E-state index in [4.69, 9.17) is 5.11 Å². The molecule has 4 rings (SSSR count). The third-order valence-electron chi connectivity index (χ3n) is 7.31. The first-order valence-corrected chi connectivity index (χ1v) is 9.19. The number of fused-ring (bicyclic) bond motifs is 5. The smallest absolute Gasteiger partial charge is 0.306 e. The third-order valence-corrected chi connectivity index (χ3v) is 7.31.